The Morgan fingerprint density at radius 2 is 2.31 bits per heavy atom. The number of nitrogens with zero attached hydrogens (tertiary/aromatic N) is 1. The predicted molar refractivity (Wildman–Crippen MR) is 42.4 cm³/mol. The van der Waals surface area contributed by atoms with Crippen molar-refractivity contribution in [2.45, 2.75) is 31.7 Å². The molecule has 1 aliphatic heterocycles. The lowest BCUT2D eigenvalue weighted by atomic mass is 10.2. The van der Waals surface area contributed by atoms with Crippen molar-refractivity contribution in [3.8, 4) is 0 Å². The number of aliphatic hydroxyl groups excluding tert-OH is 1. The Labute approximate surface area is 75.3 Å². The van der Waals surface area contributed by atoms with Crippen molar-refractivity contribution in [2.24, 2.45) is 0 Å². The van der Waals surface area contributed by atoms with Crippen LogP contribution in [-0.4, -0.2) is 41.0 Å². The number of aliphatic hydroxyl groups is 1. The van der Waals surface area contributed by atoms with Gasteiger partial charge in [0.25, 0.3) is 5.92 Å². The minimum absolute atomic E-state index is 0.201. The number of hydrogen-bond donors (Lipinski definition) is 1. The third-order valence-electron chi connectivity index (χ3n) is 2.21. The van der Waals surface area contributed by atoms with Crippen LogP contribution in [-0.2, 0) is 4.79 Å². The zero-order valence-electron chi connectivity index (χ0n) is 7.46. The van der Waals surface area contributed by atoms with Gasteiger partial charge in [0.1, 0.15) is 0 Å². The highest BCUT2D eigenvalue weighted by Crippen LogP contribution is 2.31. The van der Waals surface area contributed by atoms with Crippen molar-refractivity contribution in [1.29, 1.82) is 0 Å². The first-order valence-corrected chi connectivity index (χ1v) is 4.28. The zero-order valence-corrected chi connectivity index (χ0v) is 7.46. The Bertz CT molecular complexity index is 208. The van der Waals surface area contributed by atoms with Gasteiger partial charge in [0.05, 0.1) is 19.2 Å². The van der Waals surface area contributed by atoms with Crippen LogP contribution in [0.2, 0.25) is 0 Å². The SMILES string of the molecule is CCC(=O)N1CC(F)(F)C[C@H]1CO. The second-order valence-electron chi connectivity index (χ2n) is 3.27. The van der Waals surface area contributed by atoms with E-state index in [4.69, 9.17) is 5.11 Å². The molecule has 1 amide bonds. The quantitative estimate of drug-likeness (QED) is 0.698. The second-order valence-corrected chi connectivity index (χ2v) is 3.27. The molecule has 0 unspecified atom stereocenters. The van der Waals surface area contributed by atoms with Crippen molar-refractivity contribution >= 4 is 5.91 Å². The molecule has 0 aromatic heterocycles. The molecule has 0 aliphatic carbocycles. The van der Waals surface area contributed by atoms with Crippen molar-refractivity contribution < 1.29 is 18.7 Å². The zero-order chi connectivity index (χ0) is 10.1. The van der Waals surface area contributed by atoms with E-state index in [9.17, 15) is 13.6 Å². The molecule has 1 saturated heterocycles. The number of hydrogen-bond acceptors (Lipinski definition) is 2. The average molecular weight is 193 g/mol. The van der Waals surface area contributed by atoms with Crippen LogP contribution in [0.3, 0.4) is 0 Å². The standard InChI is InChI=1S/C8H13F2NO2/c1-2-7(13)11-5-8(9,10)3-6(11)4-12/h6,12H,2-5H2,1H3/t6-/m0/s1. The van der Waals surface area contributed by atoms with Gasteiger partial charge in [-0.25, -0.2) is 8.78 Å². The smallest absolute Gasteiger partial charge is 0.267 e. The Balaban J connectivity index is 2.69. The van der Waals surface area contributed by atoms with Crippen LogP contribution >= 0.6 is 0 Å². The van der Waals surface area contributed by atoms with E-state index in [1.165, 1.54) is 0 Å². The second kappa shape index (κ2) is 3.57. The number of likely N-dealkylation sites (tertiary alicyclic amines) is 1. The molecule has 0 bridgehead atoms. The number of halogens is 2. The highest BCUT2D eigenvalue weighted by Gasteiger charge is 2.46. The van der Waals surface area contributed by atoms with E-state index in [1.54, 1.807) is 6.92 Å². The summed E-state index contributed by atoms with van der Waals surface area (Å²) >= 11 is 0. The fourth-order valence-corrected chi connectivity index (χ4v) is 1.56. The molecule has 0 spiro atoms. The molecule has 76 valence electrons. The van der Waals surface area contributed by atoms with Crippen LogP contribution in [0.4, 0.5) is 8.78 Å². The predicted octanol–water partition coefficient (Wildman–Crippen LogP) is 0.625. The lowest BCUT2D eigenvalue weighted by Gasteiger charge is -2.21. The summed E-state index contributed by atoms with van der Waals surface area (Å²) in [5.74, 6) is -3.16. The first kappa shape index (κ1) is 10.4. The van der Waals surface area contributed by atoms with Crippen LogP contribution < -0.4 is 0 Å². The van der Waals surface area contributed by atoms with E-state index < -0.39 is 24.9 Å². The topological polar surface area (TPSA) is 40.5 Å². The van der Waals surface area contributed by atoms with Crippen LogP contribution in [0.25, 0.3) is 0 Å². The van der Waals surface area contributed by atoms with Gasteiger partial charge in [-0.1, -0.05) is 6.92 Å². The molecule has 0 aromatic rings. The average Bonchev–Trinajstić information content (AvgIpc) is 2.39. The maximum Gasteiger partial charge on any atom is 0.267 e. The first-order valence-electron chi connectivity index (χ1n) is 4.28. The fraction of sp³-hybridized carbons (Fsp3) is 0.875. The summed E-state index contributed by atoms with van der Waals surface area (Å²) in [6.45, 7) is 0.680. The summed E-state index contributed by atoms with van der Waals surface area (Å²) in [6.07, 6.45) is -0.220. The molecule has 1 N–H and O–H groups in total. The molecule has 1 heterocycles. The molecule has 0 aromatic carbocycles. The molecule has 0 saturated carbocycles. The van der Waals surface area contributed by atoms with Crippen LogP contribution in [0, 0.1) is 0 Å². The molecule has 5 heteroatoms. The third-order valence-corrected chi connectivity index (χ3v) is 2.21. The van der Waals surface area contributed by atoms with Gasteiger partial charge >= 0.3 is 0 Å². The van der Waals surface area contributed by atoms with Crippen molar-refractivity contribution in [3.63, 3.8) is 0 Å². The minimum atomic E-state index is -2.84. The highest BCUT2D eigenvalue weighted by atomic mass is 19.3. The molecular formula is C8H13F2NO2. The lowest BCUT2D eigenvalue weighted by Crippen LogP contribution is -2.37. The van der Waals surface area contributed by atoms with Gasteiger partial charge in [-0.05, 0) is 0 Å². The maximum atomic E-state index is 12.8. The monoisotopic (exact) mass is 193 g/mol. The van der Waals surface area contributed by atoms with E-state index in [0.717, 1.165) is 4.90 Å². The molecule has 0 radical (unpaired) electrons. The Hall–Kier alpha value is -0.710. The molecule has 1 rings (SSSR count). The van der Waals surface area contributed by atoms with E-state index >= 15 is 0 Å². The van der Waals surface area contributed by atoms with Crippen LogP contribution in [0.5, 0.6) is 0 Å². The minimum Gasteiger partial charge on any atom is -0.394 e. The molecule has 3 nitrogen and oxygen atoms in total. The summed E-state index contributed by atoms with van der Waals surface area (Å²) in [4.78, 5) is 12.2. The lowest BCUT2D eigenvalue weighted by molar-refractivity contribution is -0.133. The van der Waals surface area contributed by atoms with Gasteiger partial charge in [0.15, 0.2) is 0 Å². The summed E-state index contributed by atoms with van der Waals surface area (Å²) in [7, 11) is 0. The Morgan fingerprint density at radius 1 is 1.69 bits per heavy atom. The number of rotatable bonds is 2. The molecular weight excluding hydrogens is 180 g/mol. The summed E-state index contributed by atoms with van der Waals surface area (Å²) < 4.78 is 25.6. The number of carbonyl (C=O) groups excluding carboxylic acids is 1. The maximum absolute atomic E-state index is 12.8. The largest absolute Gasteiger partial charge is 0.394 e. The van der Waals surface area contributed by atoms with E-state index in [0.29, 0.717) is 0 Å². The highest BCUT2D eigenvalue weighted by molar-refractivity contribution is 5.76. The first-order chi connectivity index (χ1) is 6.00. The molecule has 1 aliphatic rings. The summed E-state index contributed by atoms with van der Waals surface area (Å²) in [5, 5.41) is 8.79. The molecule has 1 atom stereocenters. The van der Waals surface area contributed by atoms with Crippen LogP contribution in [0.1, 0.15) is 19.8 Å². The van der Waals surface area contributed by atoms with Gasteiger partial charge in [0, 0.05) is 12.8 Å². The summed E-state index contributed by atoms with van der Waals surface area (Å²) in [5.41, 5.74) is 0. The Morgan fingerprint density at radius 3 is 2.77 bits per heavy atom. The summed E-state index contributed by atoms with van der Waals surface area (Å²) in [6, 6.07) is -0.706. The normalized spacial score (nSPS) is 26.5. The van der Waals surface area contributed by atoms with Crippen molar-refractivity contribution in [1.82, 2.24) is 4.90 Å². The Kier molecular flexibility index (Phi) is 2.85. The van der Waals surface area contributed by atoms with Gasteiger partial charge < -0.3 is 10.0 Å². The third kappa shape index (κ3) is 2.15. The van der Waals surface area contributed by atoms with E-state index in [2.05, 4.69) is 0 Å². The van der Waals surface area contributed by atoms with Gasteiger partial charge in [0.2, 0.25) is 5.91 Å². The van der Waals surface area contributed by atoms with Crippen molar-refractivity contribution in [2.75, 3.05) is 13.2 Å². The van der Waals surface area contributed by atoms with E-state index in [1.807, 2.05) is 0 Å². The van der Waals surface area contributed by atoms with Gasteiger partial charge in [-0.15, -0.1) is 0 Å². The molecule has 13 heavy (non-hydrogen) atoms. The van der Waals surface area contributed by atoms with Gasteiger partial charge in [-0.2, -0.15) is 0 Å². The van der Waals surface area contributed by atoms with E-state index in [-0.39, 0.29) is 18.9 Å². The van der Waals surface area contributed by atoms with Crippen molar-refractivity contribution in [3.05, 3.63) is 0 Å². The number of amides is 1. The fourth-order valence-electron chi connectivity index (χ4n) is 1.56. The van der Waals surface area contributed by atoms with Crippen LogP contribution in [0.15, 0.2) is 0 Å². The number of alkyl halides is 2. The molecule has 1 fully saturated rings. The number of carbonyl (C=O) groups is 1. The van der Waals surface area contributed by atoms with Gasteiger partial charge in [-0.3, -0.25) is 4.79 Å².